The number of aliphatic hydroxyl groups is 1. The monoisotopic (exact) mass is 461 g/mol. The van der Waals surface area contributed by atoms with Gasteiger partial charge in [-0.15, -0.1) is 0 Å². The molecule has 0 aliphatic carbocycles. The number of Topliss-reactive ketones (excluding diaryl/α,β-unsaturated/α-hetero) is 1. The van der Waals surface area contributed by atoms with Crippen LogP contribution in [0.3, 0.4) is 0 Å². The van der Waals surface area contributed by atoms with Crippen LogP contribution in [-0.4, -0.2) is 51.8 Å². The predicted molar refractivity (Wildman–Crippen MR) is 125 cm³/mol. The van der Waals surface area contributed by atoms with Gasteiger partial charge in [0.1, 0.15) is 6.26 Å². The number of benzene rings is 2. The van der Waals surface area contributed by atoms with Crippen LogP contribution >= 0.6 is 0 Å². The van der Waals surface area contributed by atoms with Gasteiger partial charge in [-0.1, -0.05) is 42.5 Å². The van der Waals surface area contributed by atoms with Crippen LogP contribution in [0.1, 0.15) is 40.9 Å². The van der Waals surface area contributed by atoms with Gasteiger partial charge in [-0.05, 0) is 42.5 Å². The minimum atomic E-state index is -0.718. The van der Waals surface area contributed by atoms with E-state index < -0.39 is 17.8 Å². The summed E-state index contributed by atoms with van der Waals surface area (Å²) in [7, 11) is 0. The summed E-state index contributed by atoms with van der Waals surface area (Å²) in [5.74, 6) is -1.17. The molecule has 0 saturated carbocycles. The zero-order valence-corrected chi connectivity index (χ0v) is 18.8. The van der Waals surface area contributed by atoms with E-state index in [-0.39, 0.29) is 17.5 Å². The number of hydrogen-bond donors (Lipinski definition) is 2. The lowest BCUT2D eigenvalue weighted by Gasteiger charge is -2.18. The van der Waals surface area contributed by atoms with E-state index in [0.717, 1.165) is 11.1 Å². The topological polar surface area (TPSA) is 113 Å². The number of ketones is 1. The van der Waals surface area contributed by atoms with Crippen LogP contribution in [-0.2, 0) is 22.6 Å². The van der Waals surface area contributed by atoms with Gasteiger partial charge in [0, 0.05) is 25.2 Å². The van der Waals surface area contributed by atoms with Gasteiger partial charge < -0.3 is 19.7 Å². The molecule has 176 valence electrons. The average Bonchev–Trinajstić information content (AvgIpc) is 3.25. The summed E-state index contributed by atoms with van der Waals surface area (Å²) in [6.45, 7) is 1.18. The van der Waals surface area contributed by atoms with Gasteiger partial charge >= 0.3 is 0 Å². The Hall–Kier alpha value is -3.78. The number of carbonyl (C=O) groups excluding carboxylic acids is 3. The van der Waals surface area contributed by atoms with Crippen molar-refractivity contribution in [2.75, 3.05) is 13.1 Å². The third-order valence-corrected chi connectivity index (χ3v) is 5.81. The first-order chi connectivity index (χ1) is 16.5. The molecule has 2 heterocycles. The van der Waals surface area contributed by atoms with E-state index in [0.29, 0.717) is 50.9 Å². The van der Waals surface area contributed by atoms with Crippen molar-refractivity contribution in [3.05, 3.63) is 77.7 Å². The molecule has 0 radical (unpaired) electrons. The Bertz CT molecular complexity index is 1140. The van der Waals surface area contributed by atoms with Gasteiger partial charge in [-0.2, -0.15) is 0 Å². The molecule has 1 atom stereocenters. The molecular weight excluding hydrogens is 434 g/mol. The Labute approximate surface area is 197 Å². The van der Waals surface area contributed by atoms with Crippen LogP contribution in [0.25, 0.3) is 11.5 Å². The summed E-state index contributed by atoms with van der Waals surface area (Å²) in [4.78, 5) is 43.0. The quantitative estimate of drug-likeness (QED) is 0.413. The van der Waals surface area contributed by atoms with Crippen molar-refractivity contribution >= 4 is 17.6 Å². The van der Waals surface area contributed by atoms with E-state index >= 15 is 0 Å². The molecule has 0 bridgehead atoms. The highest BCUT2D eigenvalue weighted by molar-refractivity contribution is 6.42. The highest BCUT2D eigenvalue weighted by Crippen LogP contribution is 2.20. The minimum absolute atomic E-state index is 0.0398. The molecule has 2 aromatic carbocycles. The normalized spacial score (nSPS) is 16.0. The molecule has 1 aliphatic rings. The Balaban J connectivity index is 1.33. The van der Waals surface area contributed by atoms with Crippen molar-refractivity contribution in [3.8, 4) is 11.5 Å². The lowest BCUT2D eigenvalue weighted by atomic mass is 10.1. The fourth-order valence-electron chi connectivity index (χ4n) is 3.86. The fourth-order valence-corrected chi connectivity index (χ4v) is 3.86. The number of oxazole rings is 1. The molecule has 2 amide bonds. The maximum absolute atomic E-state index is 12.6. The van der Waals surface area contributed by atoms with E-state index in [4.69, 9.17) is 4.42 Å². The SMILES string of the molecule is O=C(Cc1ccccc1)NCc1ccc(-c2nc(C(=O)C(=O)N3CCCC(O)CC3)co2)cc1. The van der Waals surface area contributed by atoms with Crippen molar-refractivity contribution in [2.24, 2.45) is 0 Å². The van der Waals surface area contributed by atoms with E-state index in [1.807, 2.05) is 42.5 Å². The van der Waals surface area contributed by atoms with Gasteiger partial charge in [-0.3, -0.25) is 14.4 Å². The Kier molecular flexibility index (Phi) is 7.49. The van der Waals surface area contributed by atoms with Gasteiger partial charge in [0.15, 0.2) is 5.69 Å². The van der Waals surface area contributed by atoms with Crippen LogP contribution < -0.4 is 5.32 Å². The first-order valence-corrected chi connectivity index (χ1v) is 11.4. The second-order valence-electron chi connectivity index (χ2n) is 8.38. The zero-order valence-electron chi connectivity index (χ0n) is 18.8. The van der Waals surface area contributed by atoms with Crippen molar-refractivity contribution in [2.45, 2.75) is 38.3 Å². The summed E-state index contributed by atoms with van der Waals surface area (Å²) in [6, 6.07) is 16.8. The standard InChI is InChI=1S/C26H27N3O5/c30-21-7-4-13-29(14-12-21)26(33)24(32)22-17-34-25(28-22)20-10-8-19(9-11-20)16-27-23(31)15-18-5-2-1-3-6-18/h1-3,5-6,8-11,17,21,30H,4,7,12-16H2,(H,27,31). The Morgan fingerprint density at radius 2 is 1.76 bits per heavy atom. The third kappa shape index (κ3) is 5.96. The number of aliphatic hydroxyl groups excluding tert-OH is 1. The highest BCUT2D eigenvalue weighted by atomic mass is 16.3. The molecule has 34 heavy (non-hydrogen) atoms. The van der Waals surface area contributed by atoms with E-state index in [9.17, 15) is 19.5 Å². The second-order valence-corrected chi connectivity index (χ2v) is 8.38. The smallest absolute Gasteiger partial charge is 0.296 e. The molecule has 1 unspecified atom stereocenters. The van der Waals surface area contributed by atoms with E-state index in [1.165, 1.54) is 11.2 Å². The number of carbonyl (C=O) groups is 3. The van der Waals surface area contributed by atoms with Crippen LogP contribution in [0, 0.1) is 0 Å². The summed E-state index contributed by atoms with van der Waals surface area (Å²) in [5.41, 5.74) is 2.48. The van der Waals surface area contributed by atoms with E-state index in [2.05, 4.69) is 10.3 Å². The maximum Gasteiger partial charge on any atom is 0.296 e. The molecule has 4 rings (SSSR count). The summed E-state index contributed by atoms with van der Waals surface area (Å²) < 4.78 is 5.44. The molecule has 2 N–H and O–H groups in total. The number of amides is 2. The second kappa shape index (κ2) is 10.9. The molecule has 8 heteroatoms. The number of aromatic nitrogens is 1. The largest absolute Gasteiger partial charge is 0.444 e. The van der Waals surface area contributed by atoms with Crippen molar-refractivity contribution < 1.29 is 23.9 Å². The zero-order chi connectivity index (χ0) is 23.9. The fraction of sp³-hybridized carbons (Fsp3) is 0.308. The highest BCUT2D eigenvalue weighted by Gasteiger charge is 2.28. The number of nitrogens with zero attached hydrogens (tertiary/aromatic N) is 2. The van der Waals surface area contributed by atoms with Crippen molar-refractivity contribution in [1.82, 2.24) is 15.2 Å². The molecule has 3 aromatic rings. The number of nitrogens with one attached hydrogen (secondary N) is 1. The summed E-state index contributed by atoms with van der Waals surface area (Å²) >= 11 is 0. The average molecular weight is 462 g/mol. The maximum atomic E-state index is 12.6. The third-order valence-electron chi connectivity index (χ3n) is 5.81. The van der Waals surface area contributed by atoms with Gasteiger partial charge in [-0.25, -0.2) is 4.98 Å². The van der Waals surface area contributed by atoms with Crippen molar-refractivity contribution in [1.29, 1.82) is 0 Å². The van der Waals surface area contributed by atoms with Gasteiger partial charge in [0.25, 0.3) is 11.7 Å². The van der Waals surface area contributed by atoms with Gasteiger partial charge in [0.05, 0.1) is 12.5 Å². The summed E-state index contributed by atoms with van der Waals surface area (Å²) in [6.07, 6.45) is 2.82. The molecule has 1 fully saturated rings. The predicted octanol–water partition coefficient (Wildman–Crippen LogP) is 2.76. The lowest BCUT2D eigenvalue weighted by molar-refractivity contribution is -0.126. The van der Waals surface area contributed by atoms with Crippen molar-refractivity contribution in [3.63, 3.8) is 0 Å². The molecule has 1 aliphatic heterocycles. The number of likely N-dealkylation sites (tertiary alicyclic amines) is 1. The first-order valence-electron chi connectivity index (χ1n) is 11.4. The Morgan fingerprint density at radius 3 is 2.53 bits per heavy atom. The molecule has 1 aromatic heterocycles. The molecule has 1 saturated heterocycles. The van der Waals surface area contributed by atoms with Crippen LogP contribution in [0.2, 0.25) is 0 Å². The number of hydrogen-bond acceptors (Lipinski definition) is 6. The lowest BCUT2D eigenvalue weighted by Crippen LogP contribution is -2.37. The number of rotatable bonds is 7. The van der Waals surface area contributed by atoms with Crippen LogP contribution in [0.5, 0.6) is 0 Å². The Morgan fingerprint density at radius 1 is 1.00 bits per heavy atom. The van der Waals surface area contributed by atoms with E-state index in [1.54, 1.807) is 12.1 Å². The molecule has 0 spiro atoms. The minimum Gasteiger partial charge on any atom is -0.444 e. The summed E-state index contributed by atoms with van der Waals surface area (Å²) in [5, 5.41) is 12.6. The van der Waals surface area contributed by atoms with Crippen LogP contribution in [0.15, 0.2) is 65.3 Å². The first kappa shape index (κ1) is 23.4. The van der Waals surface area contributed by atoms with Gasteiger partial charge in [0.2, 0.25) is 11.8 Å². The molecule has 8 nitrogen and oxygen atoms in total. The van der Waals surface area contributed by atoms with Crippen LogP contribution in [0.4, 0.5) is 0 Å². The molecular formula is C26H27N3O5.